The van der Waals surface area contributed by atoms with Crippen molar-refractivity contribution < 1.29 is 19.2 Å². The molecule has 0 saturated carbocycles. The monoisotopic (exact) mass is 456 g/mol. The zero-order valence-electron chi connectivity index (χ0n) is 17.8. The summed E-state index contributed by atoms with van der Waals surface area (Å²) in [6.45, 7) is 0. The van der Waals surface area contributed by atoms with Gasteiger partial charge in [0.25, 0.3) is 0 Å². The standard InChI is InChI=1S/C24H20N6O4/c31-21(26-18-12-6-2-7-13-18)23(33)29-25-16-20(17-10-4-1-5-11-17)28-30-24(34)22(32)27-19-14-8-3-9-15-19/h1-16H,(H,26,31)(H,27,32)(H,29,33)(H,30,34). The number of nitrogens with one attached hydrogen (secondary N) is 4. The lowest BCUT2D eigenvalue weighted by atomic mass is 10.1. The van der Waals surface area contributed by atoms with Crippen LogP contribution >= 0.6 is 0 Å². The van der Waals surface area contributed by atoms with Crippen LogP contribution in [0.1, 0.15) is 5.56 Å². The van der Waals surface area contributed by atoms with Crippen LogP contribution in [0.5, 0.6) is 0 Å². The molecular weight excluding hydrogens is 436 g/mol. The number of benzene rings is 3. The Morgan fingerprint density at radius 2 is 1.00 bits per heavy atom. The fourth-order valence-electron chi connectivity index (χ4n) is 2.56. The Morgan fingerprint density at radius 3 is 1.50 bits per heavy atom. The lowest BCUT2D eigenvalue weighted by Crippen LogP contribution is -2.34. The van der Waals surface area contributed by atoms with Crippen molar-refractivity contribution in [2.75, 3.05) is 10.6 Å². The van der Waals surface area contributed by atoms with Gasteiger partial charge < -0.3 is 10.6 Å². The zero-order valence-corrected chi connectivity index (χ0v) is 17.8. The van der Waals surface area contributed by atoms with Crippen molar-refractivity contribution in [1.82, 2.24) is 10.9 Å². The van der Waals surface area contributed by atoms with Gasteiger partial charge in [0.15, 0.2) is 0 Å². The van der Waals surface area contributed by atoms with Crippen LogP contribution in [0.15, 0.2) is 101 Å². The summed E-state index contributed by atoms with van der Waals surface area (Å²) in [6, 6.07) is 25.5. The molecule has 0 spiro atoms. The SMILES string of the molecule is O=C(NN=CC(=NNC(=O)C(=O)Nc1ccccc1)c1ccccc1)C(=O)Nc1ccccc1. The second kappa shape index (κ2) is 12.1. The number of para-hydroxylation sites is 2. The van der Waals surface area contributed by atoms with Crippen molar-refractivity contribution in [2.45, 2.75) is 0 Å². The lowest BCUT2D eigenvalue weighted by Gasteiger charge is -2.05. The average molecular weight is 456 g/mol. The van der Waals surface area contributed by atoms with Gasteiger partial charge in [0, 0.05) is 16.9 Å². The number of hydrogen-bond donors (Lipinski definition) is 4. The highest BCUT2D eigenvalue weighted by atomic mass is 16.2. The van der Waals surface area contributed by atoms with E-state index in [-0.39, 0.29) is 5.71 Å². The third kappa shape index (κ3) is 7.24. The van der Waals surface area contributed by atoms with Gasteiger partial charge in [0.05, 0.1) is 6.21 Å². The van der Waals surface area contributed by atoms with Gasteiger partial charge >= 0.3 is 23.6 Å². The minimum Gasteiger partial charge on any atom is -0.318 e. The molecule has 0 unspecified atom stereocenters. The molecule has 0 heterocycles. The lowest BCUT2D eigenvalue weighted by molar-refractivity contribution is -0.136. The summed E-state index contributed by atoms with van der Waals surface area (Å²) in [7, 11) is 0. The van der Waals surface area contributed by atoms with Gasteiger partial charge in [-0.15, -0.1) is 0 Å². The molecule has 0 saturated heterocycles. The predicted molar refractivity (Wildman–Crippen MR) is 128 cm³/mol. The van der Waals surface area contributed by atoms with Crippen LogP contribution in [-0.4, -0.2) is 35.6 Å². The first-order valence-electron chi connectivity index (χ1n) is 10.0. The molecule has 0 aliphatic heterocycles. The Balaban J connectivity index is 1.63. The summed E-state index contributed by atoms with van der Waals surface area (Å²) < 4.78 is 0. The molecule has 3 rings (SSSR count). The van der Waals surface area contributed by atoms with Gasteiger partial charge in [0.1, 0.15) is 5.71 Å². The van der Waals surface area contributed by atoms with E-state index in [1.54, 1.807) is 91.0 Å². The van der Waals surface area contributed by atoms with Crippen molar-refractivity contribution in [3.05, 3.63) is 96.6 Å². The number of carbonyl (C=O) groups is 4. The molecular formula is C24H20N6O4. The van der Waals surface area contributed by atoms with Crippen LogP contribution < -0.4 is 21.5 Å². The van der Waals surface area contributed by atoms with Crippen LogP contribution in [-0.2, 0) is 19.2 Å². The van der Waals surface area contributed by atoms with Crippen LogP contribution in [0.4, 0.5) is 11.4 Å². The Hall–Kier alpha value is -5.12. The molecule has 3 aromatic carbocycles. The molecule has 0 fully saturated rings. The smallest absolute Gasteiger partial charge is 0.318 e. The maximum Gasteiger partial charge on any atom is 0.329 e. The van der Waals surface area contributed by atoms with Crippen LogP contribution in [0, 0.1) is 0 Å². The maximum absolute atomic E-state index is 12.1. The molecule has 0 aliphatic carbocycles. The van der Waals surface area contributed by atoms with Crippen LogP contribution in [0.3, 0.4) is 0 Å². The molecule has 0 aromatic heterocycles. The number of nitrogens with zero attached hydrogens (tertiary/aromatic N) is 2. The fraction of sp³-hybridized carbons (Fsp3) is 0. The molecule has 0 radical (unpaired) electrons. The van der Waals surface area contributed by atoms with Crippen LogP contribution in [0.2, 0.25) is 0 Å². The maximum atomic E-state index is 12.1. The van der Waals surface area contributed by atoms with E-state index in [4.69, 9.17) is 0 Å². The van der Waals surface area contributed by atoms with Crippen molar-refractivity contribution in [1.29, 1.82) is 0 Å². The first-order chi connectivity index (χ1) is 16.5. The number of anilines is 2. The van der Waals surface area contributed by atoms with E-state index >= 15 is 0 Å². The quantitative estimate of drug-likeness (QED) is 0.255. The third-order valence-corrected chi connectivity index (χ3v) is 4.18. The molecule has 10 nitrogen and oxygen atoms in total. The molecule has 4 N–H and O–H groups in total. The minimum absolute atomic E-state index is 0.130. The predicted octanol–water partition coefficient (Wildman–Crippen LogP) is 1.89. The number of hydrogen-bond acceptors (Lipinski definition) is 6. The molecule has 10 heteroatoms. The molecule has 3 aromatic rings. The second-order valence-corrected chi connectivity index (χ2v) is 6.64. The summed E-state index contributed by atoms with van der Waals surface area (Å²) in [5.74, 6) is -3.83. The van der Waals surface area contributed by atoms with Crippen molar-refractivity contribution in [3.63, 3.8) is 0 Å². The Labute approximate surface area is 194 Å². The number of rotatable bonds is 6. The minimum atomic E-state index is -1.00. The molecule has 0 bridgehead atoms. The summed E-state index contributed by atoms with van der Waals surface area (Å²) >= 11 is 0. The topological polar surface area (TPSA) is 141 Å². The Morgan fingerprint density at radius 1 is 0.559 bits per heavy atom. The van der Waals surface area contributed by atoms with E-state index in [2.05, 4.69) is 31.7 Å². The van der Waals surface area contributed by atoms with Gasteiger partial charge in [-0.1, -0.05) is 66.7 Å². The van der Waals surface area contributed by atoms with E-state index in [0.29, 0.717) is 16.9 Å². The van der Waals surface area contributed by atoms with Crippen molar-refractivity contribution in [2.24, 2.45) is 10.2 Å². The molecule has 170 valence electrons. The summed E-state index contributed by atoms with van der Waals surface area (Å²) in [5, 5.41) is 12.5. The summed E-state index contributed by atoms with van der Waals surface area (Å²) in [4.78, 5) is 48.2. The van der Waals surface area contributed by atoms with E-state index in [0.717, 1.165) is 6.21 Å². The summed E-state index contributed by atoms with van der Waals surface area (Å²) in [6.07, 6.45) is 1.14. The molecule has 4 amide bonds. The Bertz CT molecular complexity index is 1210. The van der Waals surface area contributed by atoms with Gasteiger partial charge in [0.2, 0.25) is 0 Å². The van der Waals surface area contributed by atoms with Gasteiger partial charge in [-0.05, 0) is 24.3 Å². The highest BCUT2D eigenvalue weighted by Gasteiger charge is 2.14. The second-order valence-electron chi connectivity index (χ2n) is 6.64. The van der Waals surface area contributed by atoms with Gasteiger partial charge in [-0.3, -0.25) is 19.2 Å². The highest BCUT2D eigenvalue weighted by molar-refractivity contribution is 6.42. The number of carbonyl (C=O) groups excluding carboxylic acids is 4. The van der Waals surface area contributed by atoms with Gasteiger partial charge in [-0.2, -0.15) is 10.2 Å². The molecule has 0 atom stereocenters. The van der Waals surface area contributed by atoms with Crippen molar-refractivity contribution in [3.8, 4) is 0 Å². The van der Waals surface area contributed by atoms with Crippen molar-refractivity contribution >= 4 is 46.9 Å². The fourth-order valence-corrected chi connectivity index (χ4v) is 2.56. The number of hydrazone groups is 2. The van der Waals surface area contributed by atoms with E-state index in [1.165, 1.54) is 0 Å². The van der Waals surface area contributed by atoms with Crippen LogP contribution in [0.25, 0.3) is 0 Å². The first kappa shape index (κ1) is 23.5. The molecule has 34 heavy (non-hydrogen) atoms. The number of amides is 4. The van der Waals surface area contributed by atoms with E-state index in [9.17, 15) is 19.2 Å². The molecule has 0 aliphatic rings. The average Bonchev–Trinajstić information content (AvgIpc) is 2.87. The first-order valence-corrected chi connectivity index (χ1v) is 10.0. The largest absolute Gasteiger partial charge is 0.329 e. The third-order valence-electron chi connectivity index (χ3n) is 4.18. The Kier molecular flexibility index (Phi) is 8.35. The summed E-state index contributed by atoms with van der Waals surface area (Å²) in [5.41, 5.74) is 5.82. The van der Waals surface area contributed by atoms with Gasteiger partial charge in [-0.25, -0.2) is 10.9 Å². The van der Waals surface area contributed by atoms with E-state index < -0.39 is 23.6 Å². The van der Waals surface area contributed by atoms with E-state index in [1.807, 2.05) is 0 Å². The zero-order chi connectivity index (χ0) is 24.2. The normalized spacial score (nSPS) is 10.9. The highest BCUT2D eigenvalue weighted by Crippen LogP contribution is 2.05.